The number of pyridine rings is 2. The van der Waals surface area contributed by atoms with E-state index in [1.54, 1.807) is 13.1 Å². The molecular formula is C22H27F3N8. The highest BCUT2D eigenvalue weighted by Crippen LogP contribution is 2.34. The lowest BCUT2D eigenvalue weighted by atomic mass is 9.91. The van der Waals surface area contributed by atoms with Gasteiger partial charge >= 0.3 is 6.18 Å². The normalized spacial score (nSPS) is 16.7. The van der Waals surface area contributed by atoms with Gasteiger partial charge in [-0.1, -0.05) is 0 Å². The lowest BCUT2D eigenvalue weighted by Crippen LogP contribution is -2.67. The first-order valence-corrected chi connectivity index (χ1v) is 10.5. The third-order valence-corrected chi connectivity index (χ3v) is 6.26. The maximum atomic E-state index is 13.2. The highest BCUT2D eigenvalue weighted by molar-refractivity contribution is 5.94. The fourth-order valence-electron chi connectivity index (χ4n) is 3.88. The third-order valence-electron chi connectivity index (χ3n) is 6.26. The fourth-order valence-corrected chi connectivity index (χ4v) is 3.88. The molecular weight excluding hydrogens is 433 g/mol. The van der Waals surface area contributed by atoms with Gasteiger partial charge in [-0.3, -0.25) is 0 Å². The number of halogens is 3. The molecule has 3 N–H and O–H groups in total. The molecule has 8 nitrogen and oxygen atoms in total. The summed E-state index contributed by atoms with van der Waals surface area (Å²) < 4.78 is 39.5. The fraction of sp³-hybridized carbons (Fsp3) is 0.455. The smallest absolute Gasteiger partial charge is 0.399 e. The number of aryl methyl sites for hydroxylation is 1. The Bertz CT molecular complexity index is 1190. The molecule has 1 aliphatic rings. The van der Waals surface area contributed by atoms with Gasteiger partial charge in [0.1, 0.15) is 11.5 Å². The van der Waals surface area contributed by atoms with Crippen LogP contribution in [0.5, 0.6) is 0 Å². The predicted octanol–water partition coefficient (Wildman–Crippen LogP) is 3.64. The van der Waals surface area contributed by atoms with Gasteiger partial charge in [0, 0.05) is 35.7 Å². The summed E-state index contributed by atoms with van der Waals surface area (Å²) in [5, 5.41) is 13.2. The zero-order chi connectivity index (χ0) is 24.1. The Kier molecular flexibility index (Phi) is 5.55. The van der Waals surface area contributed by atoms with Gasteiger partial charge in [0.25, 0.3) is 0 Å². The minimum absolute atomic E-state index is 0.00552. The molecule has 1 unspecified atom stereocenters. The number of aromatic nitrogens is 4. The molecule has 176 valence electrons. The summed E-state index contributed by atoms with van der Waals surface area (Å²) in [6.07, 6.45) is -2.82. The Morgan fingerprint density at radius 1 is 1.15 bits per heavy atom. The van der Waals surface area contributed by atoms with Gasteiger partial charge in [0.2, 0.25) is 0 Å². The number of hydrogen-bond acceptors (Lipinski definition) is 8. The van der Waals surface area contributed by atoms with Crippen molar-refractivity contribution < 1.29 is 13.2 Å². The molecule has 11 heteroatoms. The summed E-state index contributed by atoms with van der Waals surface area (Å²) in [5.41, 5.74) is 5.62. The second-order valence-corrected chi connectivity index (χ2v) is 9.04. The van der Waals surface area contributed by atoms with Gasteiger partial charge < -0.3 is 20.9 Å². The lowest BCUT2D eigenvalue weighted by Gasteiger charge is -2.52. The van der Waals surface area contributed by atoms with E-state index in [0.717, 1.165) is 35.7 Å². The molecule has 3 aromatic rings. The maximum absolute atomic E-state index is 13.2. The number of likely N-dealkylation sites (N-methyl/N-ethyl adjacent to an activating group) is 1. The van der Waals surface area contributed by atoms with Crippen LogP contribution in [0.2, 0.25) is 0 Å². The summed E-state index contributed by atoms with van der Waals surface area (Å²) in [6, 6.07) is 3.60. The molecule has 0 aliphatic carbocycles. The van der Waals surface area contributed by atoms with E-state index in [2.05, 4.69) is 56.3 Å². The molecule has 3 aromatic heterocycles. The summed E-state index contributed by atoms with van der Waals surface area (Å²) in [6.45, 7) is 7.41. The molecule has 0 radical (unpaired) electrons. The van der Waals surface area contributed by atoms with Gasteiger partial charge in [-0.05, 0) is 53.1 Å². The van der Waals surface area contributed by atoms with Crippen LogP contribution in [0.25, 0.3) is 10.8 Å². The molecule has 1 atom stereocenters. The van der Waals surface area contributed by atoms with Gasteiger partial charge in [0.05, 0.1) is 23.0 Å². The number of nitrogens with two attached hydrogens (primary N) is 1. The molecule has 0 aromatic carbocycles. The van der Waals surface area contributed by atoms with Gasteiger partial charge in [-0.25, -0.2) is 9.97 Å². The molecule has 1 fully saturated rings. The number of hydrogen-bond donors (Lipinski definition) is 2. The molecule has 0 bridgehead atoms. The predicted molar refractivity (Wildman–Crippen MR) is 122 cm³/mol. The van der Waals surface area contributed by atoms with E-state index in [1.807, 2.05) is 13.0 Å². The van der Waals surface area contributed by atoms with Crippen molar-refractivity contribution in [1.29, 1.82) is 0 Å². The Balaban J connectivity index is 1.66. The SMILES string of the molecule is Cc1nnc(NC(C)c2cc(N)cc(C(F)(F)F)n2)c2cc(N3CC(C)(N(C)C)C3)ncc12. The zero-order valence-corrected chi connectivity index (χ0v) is 19.2. The van der Waals surface area contributed by atoms with Crippen molar-refractivity contribution in [1.82, 2.24) is 25.1 Å². The van der Waals surface area contributed by atoms with E-state index in [9.17, 15) is 13.2 Å². The highest BCUT2D eigenvalue weighted by Gasteiger charge is 2.41. The number of nitrogen functional groups attached to an aromatic ring is 1. The van der Waals surface area contributed by atoms with Crippen molar-refractivity contribution in [3.8, 4) is 0 Å². The number of rotatable bonds is 5. The molecule has 1 saturated heterocycles. The zero-order valence-electron chi connectivity index (χ0n) is 19.2. The number of anilines is 3. The Labute approximate surface area is 190 Å². The molecule has 0 amide bonds. The van der Waals surface area contributed by atoms with Crippen LogP contribution in [0.1, 0.15) is 37.0 Å². The van der Waals surface area contributed by atoms with Crippen LogP contribution in [0, 0.1) is 6.92 Å². The largest absolute Gasteiger partial charge is 0.433 e. The van der Waals surface area contributed by atoms with Crippen LogP contribution in [0.15, 0.2) is 24.4 Å². The minimum Gasteiger partial charge on any atom is -0.399 e. The third kappa shape index (κ3) is 4.37. The Morgan fingerprint density at radius 2 is 1.85 bits per heavy atom. The van der Waals surface area contributed by atoms with Crippen LogP contribution in [0.4, 0.5) is 30.5 Å². The second-order valence-electron chi connectivity index (χ2n) is 9.04. The first-order chi connectivity index (χ1) is 15.4. The maximum Gasteiger partial charge on any atom is 0.433 e. The minimum atomic E-state index is -4.58. The van der Waals surface area contributed by atoms with Crippen LogP contribution in [-0.2, 0) is 6.18 Å². The van der Waals surface area contributed by atoms with Crippen molar-refractivity contribution in [3.63, 3.8) is 0 Å². The van der Waals surface area contributed by atoms with Crippen LogP contribution < -0.4 is 16.0 Å². The van der Waals surface area contributed by atoms with Crippen molar-refractivity contribution in [3.05, 3.63) is 41.5 Å². The first kappa shape index (κ1) is 23.0. The number of fused-ring (bicyclic) bond motifs is 1. The average molecular weight is 461 g/mol. The molecule has 0 spiro atoms. The molecule has 4 rings (SSSR count). The quantitative estimate of drug-likeness (QED) is 0.596. The van der Waals surface area contributed by atoms with Crippen molar-refractivity contribution in [2.45, 2.75) is 38.5 Å². The van der Waals surface area contributed by atoms with Crippen molar-refractivity contribution in [2.24, 2.45) is 0 Å². The lowest BCUT2D eigenvalue weighted by molar-refractivity contribution is -0.141. The first-order valence-electron chi connectivity index (χ1n) is 10.5. The summed E-state index contributed by atoms with van der Waals surface area (Å²) in [7, 11) is 4.12. The van der Waals surface area contributed by atoms with E-state index >= 15 is 0 Å². The highest BCUT2D eigenvalue weighted by atomic mass is 19.4. The van der Waals surface area contributed by atoms with Crippen LogP contribution in [-0.4, -0.2) is 57.8 Å². The second kappa shape index (κ2) is 7.98. The Morgan fingerprint density at radius 3 is 2.48 bits per heavy atom. The van der Waals surface area contributed by atoms with Crippen molar-refractivity contribution >= 4 is 28.1 Å². The van der Waals surface area contributed by atoms with E-state index in [-0.39, 0.29) is 16.9 Å². The molecule has 33 heavy (non-hydrogen) atoms. The van der Waals surface area contributed by atoms with Gasteiger partial charge in [-0.15, -0.1) is 5.10 Å². The van der Waals surface area contributed by atoms with Gasteiger partial charge in [-0.2, -0.15) is 18.3 Å². The van der Waals surface area contributed by atoms with Gasteiger partial charge in [0.15, 0.2) is 5.82 Å². The van der Waals surface area contributed by atoms with Crippen molar-refractivity contribution in [2.75, 3.05) is 43.1 Å². The van der Waals surface area contributed by atoms with E-state index in [1.165, 1.54) is 6.07 Å². The number of alkyl halides is 3. The molecule has 1 aliphatic heterocycles. The molecule has 0 saturated carbocycles. The summed E-state index contributed by atoms with van der Waals surface area (Å²) >= 11 is 0. The van der Waals surface area contributed by atoms with E-state index in [4.69, 9.17) is 5.73 Å². The van der Waals surface area contributed by atoms with E-state index in [0.29, 0.717) is 11.5 Å². The number of nitrogens with zero attached hydrogens (tertiary/aromatic N) is 6. The molecule has 4 heterocycles. The van der Waals surface area contributed by atoms with Crippen LogP contribution >= 0.6 is 0 Å². The summed E-state index contributed by atoms with van der Waals surface area (Å²) in [5.74, 6) is 1.26. The average Bonchev–Trinajstić information content (AvgIpc) is 2.72. The van der Waals surface area contributed by atoms with E-state index < -0.39 is 17.9 Å². The van der Waals surface area contributed by atoms with Crippen LogP contribution in [0.3, 0.4) is 0 Å². The Hall–Kier alpha value is -3.21. The topological polar surface area (TPSA) is 96.1 Å². The summed E-state index contributed by atoms with van der Waals surface area (Å²) in [4.78, 5) is 12.7. The number of nitrogens with one attached hydrogen (secondary N) is 1. The standard InChI is InChI=1S/C22H27F3N8/c1-12-16-9-27-19(33-10-21(3,11-33)32(4)5)8-15(16)20(31-30-12)28-13(2)17-6-14(26)7-18(29-17)22(23,24)25/h6-9,13H,10-11H2,1-5H3,(H2,26,29)(H,28,31). The monoisotopic (exact) mass is 460 g/mol.